The smallest absolute Gasteiger partial charge is 0.0640 e. The minimum Gasteiger partial charge on any atom is -0.354 e. The van der Waals surface area contributed by atoms with Gasteiger partial charge in [0.15, 0.2) is 0 Å². The van der Waals surface area contributed by atoms with Crippen molar-refractivity contribution in [1.29, 1.82) is 0 Å². The summed E-state index contributed by atoms with van der Waals surface area (Å²) in [6.07, 6.45) is 0. The molecule has 0 spiro atoms. The second-order valence-electron chi connectivity index (χ2n) is 8.36. The Hall–Kier alpha value is -2.94. The number of rotatable bonds is 4. The number of halogens is 2. The SMILES string of the molecule is CC1(C)c2cc(Nc3ccccc3Cl)ccc2-c2ccc(Nc3ccccc3Cl)cc21. The van der Waals surface area contributed by atoms with E-state index in [2.05, 4.69) is 60.9 Å². The molecule has 2 nitrogen and oxygen atoms in total. The number of anilines is 4. The maximum atomic E-state index is 6.34. The van der Waals surface area contributed by atoms with Crippen molar-refractivity contribution in [3.05, 3.63) is 106 Å². The summed E-state index contributed by atoms with van der Waals surface area (Å²) in [5.74, 6) is 0. The predicted octanol–water partition coefficient (Wildman–Crippen LogP) is 8.79. The number of para-hydroxylation sites is 2. The molecule has 4 aromatic carbocycles. The number of hydrogen-bond acceptors (Lipinski definition) is 2. The molecule has 0 saturated carbocycles. The van der Waals surface area contributed by atoms with Gasteiger partial charge in [0.05, 0.1) is 21.4 Å². The molecule has 154 valence electrons. The van der Waals surface area contributed by atoms with Crippen LogP contribution < -0.4 is 10.6 Å². The molecule has 1 aliphatic carbocycles. The maximum absolute atomic E-state index is 6.34. The van der Waals surface area contributed by atoms with Crippen LogP contribution in [-0.2, 0) is 5.41 Å². The fourth-order valence-corrected chi connectivity index (χ4v) is 4.70. The molecule has 31 heavy (non-hydrogen) atoms. The highest BCUT2D eigenvalue weighted by atomic mass is 35.5. The summed E-state index contributed by atoms with van der Waals surface area (Å²) in [5, 5.41) is 8.33. The monoisotopic (exact) mass is 444 g/mol. The minimum atomic E-state index is -0.124. The van der Waals surface area contributed by atoms with Crippen LogP contribution in [0.3, 0.4) is 0 Å². The summed E-state index contributed by atoms with van der Waals surface area (Å²) in [6, 6.07) is 28.7. The van der Waals surface area contributed by atoms with E-state index in [1.165, 1.54) is 22.3 Å². The number of fused-ring (bicyclic) bond motifs is 3. The Kier molecular flexibility index (Phi) is 4.92. The molecular formula is C27H22Cl2N2. The largest absolute Gasteiger partial charge is 0.354 e. The Morgan fingerprint density at radius 2 is 1.00 bits per heavy atom. The van der Waals surface area contributed by atoms with Gasteiger partial charge in [-0.1, -0.05) is 73.4 Å². The van der Waals surface area contributed by atoms with Crippen LogP contribution in [0.4, 0.5) is 22.7 Å². The van der Waals surface area contributed by atoms with Crippen molar-refractivity contribution in [3.8, 4) is 11.1 Å². The predicted molar refractivity (Wildman–Crippen MR) is 133 cm³/mol. The van der Waals surface area contributed by atoms with Crippen LogP contribution in [0.2, 0.25) is 10.0 Å². The van der Waals surface area contributed by atoms with Gasteiger partial charge in [-0.15, -0.1) is 0 Å². The average Bonchev–Trinajstić information content (AvgIpc) is 2.98. The lowest BCUT2D eigenvalue weighted by Crippen LogP contribution is -2.15. The van der Waals surface area contributed by atoms with Gasteiger partial charge in [0.1, 0.15) is 0 Å². The molecule has 0 saturated heterocycles. The number of nitrogens with one attached hydrogen (secondary N) is 2. The lowest BCUT2D eigenvalue weighted by atomic mass is 9.82. The van der Waals surface area contributed by atoms with E-state index in [1.54, 1.807) is 0 Å². The molecule has 0 bridgehead atoms. The van der Waals surface area contributed by atoms with Gasteiger partial charge in [-0.3, -0.25) is 0 Å². The highest BCUT2D eigenvalue weighted by Crippen LogP contribution is 2.50. The van der Waals surface area contributed by atoms with Crippen LogP contribution in [0.5, 0.6) is 0 Å². The molecule has 0 aromatic heterocycles. The third-order valence-electron chi connectivity index (χ3n) is 5.98. The summed E-state index contributed by atoms with van der Waals surface area (Å²) in [5.41, 5.74) is 8.89. The van der Waals surface area contributed by atoms with Crippen molar-refractivity contribution >= 4 is 46.0 Å². The molecular weight excluding hydrogens is 423 g/mol. The second-order valence-corrected chi connectivity index (χ2v) is 9.17. The Morgan fingerprint density at radius 1 is 0.581 bits per heavy atom. The molecule has 0 unspecified atom stereocenters. The quantitative estimate of drug-likeness (QED) is 0.328. The first-order chi connectivity index (χ1) is 14.9. The molecule has 5 rings (SSSR count). The van der Waals surface area contributed by atoms with Gasteiger partial charge in [-0.05, 0) is 70.8 Å². The van der Waals surface area contributed by atoms with Crippen LogP contribution in [0, 0.1) is 0 Å². The molecule has 0 radical (unpaired) electrons. The van der Waals surface area contributed by atoms with Gasteiger partial charge in [0.2, 0.25) is 0 Å². The Morgan fingerprint density at radius 3 is 1.42 bits per heavy atom. The Labute approximate surface area is 192 Å². The summed E-state index contributed by atoms with van der Waals surface area (Å²) in [7, 11) is 0. The number of hydrogen-bond donors (Lipinski definition) is 2. The van der Waals surface area contributed by atoms with Crippen molar-refractivity contribution in [2.45, 2.75) is 19.3 Å². The topological polar surface area (TPSA) is 24.1 Å². The average molecular weight is 445 g/mol. The van der Waals surface area contributed by atoms with E-state index in [9.17, 15) is 0 Å². The van der Waals surface area contributed by atoms with Gasteiger partial charge in [-0.2, -0.15) is 0 Å². The molecule has 4 heteroatoms. The van der Waals surface area contributed by atoms with E-state index in [1.807, 2.05) is 48.5 Å². The maximum Gasteiger partial charge on any atom is 0.0640 e. The van der Waals surface area contributed by atoms with Crippen molar-refractivity contribution in [2.75, 3.05) is 10.6 Å². The molecule has 0 heterocycles. The Bertz CT molecular complexity index is 1200. The molecule has 0 amide bonds. The van der Waals surface area contributed by atoms with Gasteiger partial charge < -0.3 is 10.6 Å². The second kappa shape index (κ2) is 7.64. The first-order valence-corrected chi connectivity index (χ1v) is 11.0. The zero-order chi connectivity index (χ0) is 21.6. The van der Waals surface area contributed by atoms with Gasteiger partial charge in [0.25, 0.3) is 0 Å². The van der Waals surface area contributed by atoms with Crippen molar-refractivity contribution in [2.24, 2.45) is 0 Å². The summed E-state index contributed by atoms with van der Waals surface area (Å²) in [6.45, 7) is 4.55. The van der Waals surface area contributed by atoms with Crippen LogP contribution >= 0.6 is 23.2 Å². The van der Waals surface area contributed by atoms with Crippen LogP contribution in [0.25, 0.3) is 11.1 Å². The van der Waals surface area contributed by atoms with E-state index in [-0.39, 0.29) is 5.41 Å². The minimum absolute atomic E-state index is 0.124. The number of benzene rings is 4. The van der Waals surface area contributed by atoms with Crippen LogP contribution in [-0.4, -0.2) is 0 Å². The molecule has 0 atom stereocenters. The fourth-order valence-electron chi connectivity index (χ4n) is 4.33. The van der Waals surface area contributed by atoms with E-state index in [0.717, 1.165) is 22.7 Å². The lowest BCUT2D eigenvalue weighted by molar-refractivity contribution is 0.661. The molecule has 0 fully saturated rings. The Balaban J connectivity index is 1.50. The highest BCUT2D eigenvalue weighted by molar-refractivity contribution is 6.33. The zero-order valence-corrected chi connectivity index (χ0v) is 18.9. The first-order valence-electron chi connectivity index (χ1n) is 10.3. The summed E-state index contributed by atoms with van der Waals surface area (Å²) < 4.78 is 0. The summed E-state index contributed by atoms with van der Waals surface area (Å²) in [4.78, 5) is 0. The standard InChI is InChI=1S/C27H22Cl2N2/c1-27(2)21-15-17(30-25-9-5-3-7-23(25)28)11-13-19(21)20-14-12-18(16-22(20)27)31-26-10-6-4-8-24(26)29/h3-16,30-31H,1-2H3. The highest BCUT2D eigenvalue weighted by Gasteiger charge is 2.35. The molecule has 0 aliphatic heterocycles. The van der Waals surface area contributed by atoms with Gasteiger partial charge in [0, 0.05) is 16.8 Å². The van der Waals surface area contributed by atoms with E-state index in [0.29, 0.717) is 10.0 Å². The van der Waals surface area contributed by atoms with Crippen molar-refractivity contribution < 1.29 is 0 Å². The fraction of sp³-hybridized carbons (Fsp3) is 0.111. The summed E-state index contributed by atoms with van der Waals surface area (Å²) >= 11 is 12.7. The first kappa shape index (κ1) is 20.0. The lowest BCUT2D eigenvalue weighted by Gasteiger charge is -2.23. The molecule has 4 aromatic rings. The van der Waals surface area contributed by atoms with Crippen molar-refractivity contribution in [1.82, 2.24) is 0 Å². The zero-order valence-electron chi connectivity index (χ0n) is 17.3. The van der Waals surface area contributed by atoms with Crippen molar-refractivity contribution in [3.63, 3.8) is 0 Å². The third kappa shape index (κ3) is 3.56. The van der Waals surface area contributed by atoms with Crippen LogP contribution in [0.15, 0.2) is 84.9 Å². The normalized spacial score (nSPS) is 13.4. The van der Waals surface area contributed by atoms with E-state index in [4.69, 9.17) is 23.2 Å². The van der Waals surface area contributed by atoms with E-state index >= 15 is 0 Å². The van der Waals surface area contributed by atoms with Crippen LogP contribution in [0.1, 0.15) is 25.0 Å². The molecule has 1 aliphatic rings. The van der Waals surface area contributed by atoms with E-state index < -0.39 is 0 Å². The molecule has 2 N–H and O–H groups in total. The third-order valence-corrected chi connectivity index (χ3v) is 6.64. The van der Waals surface area contributed by atoms with Gasteiger partial charge >= 0.3 is 0 Å². The van der Waals surface area contributed by atoms with Gasteiger partial charge in [-0.25, -0.2) is 0 Å².